The molecule has 1 aromatic carbocycles. The first-order valence-corrected chi connectivity index (χ1v) is 11.5. The van der Waals surface area contributed by atoms with E-state index >= 15 is 0 Å². The average molecular weight is 501 g/mol. The number of esters is 1. The molecule has 4 rings (SSSR count). The molecule has 0 unspecified atom stereocenters. The lowest BCUT2D eigenvalue weighted by atomic mass is 9.55. The van der Waals surface area contributed by atoms with Crippen LogP contribution in [0.25, 0.3) is 0 Å². The van der Waals surface area contributed by atoms with Gasteiger partial charge in [-0.05, 0) is 31.6 Å². The molecular formula is C25H28N2O9. The summed E-state index contributed by atoms with van der Waals surface area (Å²) < 4.78 is 5.74. The third-order valence-electron chi connectivity index (χ3n) is 7.52. The molecule has 3 aliphatic rings. The monoisotopic (exact) mass is 500 g/mol. The van der Waals surface area contributed by atoms with Gasteiger partial charge in [0.15, 0.2) is 11.4 Å². The number of aliphatic hydroxyl groups is 3. The highest BCUT2D eigenvalue weighted by Crippen LogP contribution is 2.56. The second-order valence-electron chi connectivity index (χ2n) is 9.61. The van der Waals surface area contributed by atoms with E-state index in [1.807, 2.05) is 0 Å². The maximum absolute atomic E-state index is 13.6. The molecule has 0 bridgehead atoms. The Morgan fingerprint density at radius 1 is 1.17 bits per heavy atom. The number of phenolic OH excluding ortho intramolecular Hbond substituents is 1. The van der Waals surface area contributed by atoms with Crippen molar-refractivity contribution in [2.24, 2.45) is 17.6 Å². The van der Waals surface area contributed by atoms with Crippen molar-refractivity contribution in [1.29, 1.82) is 0 Å². The molecule has 36 heavy (non-hydrogen) atoms. The molecule has 0 spiro atoms. The first-order chi connectivity index (χ1) is 16.8. The quantitative estimate of drug-likeness (QED) is 0.289. The lowest BCUT2D eigenvalue weighted by Crippen LogP contribution is -2.69. The number of hydrogen-bond acceptors (Lipinski definition) is 10. The number of aromatic hydroxyl groups is 1. The molecule has 6 N–H and O–H groups in total. The molecule has 0 aliphatic heterocycles. The van der Waals surface area contributed by atoms with E-state index < -0.39 is 81.6 Å². The van der Waals surface area contributed by atoms with Gasteiger partial charge in [0.1, 0.15) is 28.9 Å². The van der Waals surface area contributed by atoms with Gasteiger partial charge >= 0.3 is 5.97 Å². The zero-order chi connectivity index (χ0) is 26.9. The predicted molar refractivity (Wildman–Crippen MR) is 124 cm³/mol. The number of likely N-dealkylation sites (N-methyl/N-ethyl adjacent to an activating group) is 1. The highest BCUT2D eigenvalue weighted by molar-refractivity contribution is 6.25. The van der Waals surface area contributed by atoms with Crippen LogP contribution in [0.2, 0.25) is 0 Å². The Labute approximate surface area is 206 Å². The molecule has 0 saturated heterocycles. The smallest absolute Gasteiger partial charge is 0.305 e. The van der Waals surface area contributed by atoms with E-state index in [1.165, 1.54) is 32.0 Å². The summed E-state index contributed by atoms with van der Waals surface area (Å²) in [6.45, 7) is 3.23. The van der Waals surface area contributed by atoms with Gasteiger partial charge in [0, 0.05) is 17.9 Å². The standard InChI is InChI=1S/C25H28N2O9/c1-5-12(29)36-21-13-9(2)10-7-6-8-11(28)14(10)19(30)15(13)22(32)25(35)17(21)18(27(3)4)20(31)16(23(25)33)24(26)34/h6-9,13,17-18,21,28,31-32,35H,5H2,1-4H3,(H2,26,34)/t9-,13+,17+,18-,21-,25-/m0/s1. The lowest BCUT2D eigenvalue weighted by Gasteiger charge is -2.54. The van der Waals surface area contributed by atoms with Crippen molar-refractivity contribution < 1.29 is 44.3 Å². The number of nitrogens with two attached hydrogens (primary N) is 1. The van der Waals surface area contributed by atoms with Crippen LogP contribution in [0.15, 0.2) is 40.9 Å². The minimum absolute atomic E-state index is 0.0754. The van der Waals surface area contributed by atoms with Gasteiger partial charge in [0.25, 0.3) is 5.91 Å². The zero-order valence-electron chi connectivity index (χ0n) is 20.2. The molecule has 11 nitrogen and oxygen atoms in total. The van der Waals surface area contributed by atoms with Crippen LogP contribution in [0.3, 0.4) is 0 Å². The van der Waals surface area contributed by atoms with E-state index in [-0.39, 0.29) is 17.7 Å². The number of benzene rings is 1. The molecule has 6 atom stereocenters. The SMILES string of the molecule is CCC(=O)O[C@H]1[C@H]2C(=C(O)[C@]3(O)C(=O)C(C(N)=O)=C(O)[C@@H](N(C)C)[C@H]13)C(=O)c1c(O)cccc1[C@@H]2C. The second kappa shape index (κ2) is 8.45. The average Bonchev–Trinajstić information content (AvgIpc) is 2.80. The van der Waals surface area contributed by atoms with Gasteiger partial charge in [-0.25, -0.2) is 0 Å². The maximum Gasteiger partial charge on any atom is 0.305 e. The topological polar surface area (TPSA) is 188 Å². The molecule has 1 aromatic rings. The molecule has 3 aliphatic carbocycles. The number of nitrogens with zero attached hydrogens (tertiary/aromatic N) is 1. The van der Waals surface area contributed by atoms with Gasteiger partial charge in [-0.1, -0.05) is 26.0 Å². The van der Waals surface area contributed by atoms with Crippen molar-refractivity contribution in [1.82, 2.24) is 4.90 Å². The first-order valence-electron chi connectivity index (χ1n) is 11.5. The number of rotatable bonds is 4. The Bertz CT molecular complexity index is 1260. The van der Waals surface area contributed by atoms with E-state index in [9.17, 15) is 39.6 Å². The molecule has 0 saturated carbocycles. The molecule has 192 valence electrons. The summed E-state index contributed by atoms with van der Waals surface area (Å²) in [5, 5.41) is 44.7. The number of carbonyl (C=O) groups excluding carboxylic acids is 4. The number of fused-ring (bicyclic) bond motifs is 3. The fourth-order valence-electron chi connectivity index (χ4n) is 5.93. The highest BCUT2D eigenvalue weighted by Gasteiger charge is 2.68. The Kier molecular flexibility index (Phi) is 5.96. The normalized spacial score (nSPS) is 31.7. The number of hydrogen-bond donors (Lipinski definition) is 5. The van der Waals surface area contributed by atoms with E-state index in [0.717, 1.165) is 0 Å². The van der Waals surface area contributed by atoms with E-state index in [0.29, 0.717) is 5.56 Å². The predicted octanol–water partition coefficient (Wildman–Crippen LogP) is 0.613. The van der Waals surface area contributed by atoms with Crippen molar-refractivity contribution >= 4 is 23.4 Å². The molecule has 11 heteroatoms. The number of ether oxygens (including phenoxy) is 1. The fourth-order valence-corrected chi connectivity index (χ4v) is 5.93. The van der Waals surface area contributed by atoms with Crippen molar-refractivity contribution in [3.63, 3.8) is 0 Å². The number of Topliss-reactive ketones (excluding diaryl/α,β-unsaturated/α-hetero) is 2. The van der Waals surface area contributed by atoms with Crippen LogP contribution in [0.4, 0.5) is 0 Å². The van der Waals surface area contributed by atoms with Gasteiger partial charge in [-0.3, -0.25) is 24.1 Å². The Balaban J connectivity index is 2.11. The summed E-state index contributed by atoms with van der Waals surface area (Å²) in [7, 11) is 2.99. The molecule has 0 aromatic heterocycles. The van der Waals surface area contributed by atoms with Gasteiger partial charge < -0.3 is 30.9 Å². The van der Waals surface area contributed by atoms with Crippen molar-refractivity contribution in [3.05, 3.63) is 52.0 Å². The minimum Gasteiger partial charge on any atom is -0.510 e. The number of amides is 1. The maximum atomic E-state index is 13.6. The summed E-state index contributed by atoms with van der Waals surface area (Å²) >= 11 is 0. The summed E-state index contributed by atoms with van der Waals surface area (Å²) in [4.78, 5) is 53.2. The zero-order valence-corrected chi connectivity index (χ0v) is 20.2. The van der Waals surface area contributed by atoms with E-state index in [1.54, 1.807) is 19.1 Å². The fraction of sp³-hybridized carbons (Fsp3) is 0.440. The third-order valence-corrected chi connectivity index (χ3v) is 7.52. The second-order valence-corrected chi connectivity index (χ2v) is 9.61. The lowest BCUT2D eigenvalue weighted by molar-refractivity contribution is -0.180. The van der Waals surface area contributed by atoms with E-state index in [2.05, 4.69) is 0 Å². The van der Waals surface area contributed by atoms with Gasteiger partial charge in [-0.2, -0.15) is 0 Å². The molecule has 1 amide bonds. The van der Waals surface area contributed by atoms with Crippen LogP contribution in [-0.4, -0.2) is 80.6 Å². The van der Waals surface area contributed by atoms with Gasteiger partial charge in [-0.15, -0.1) is 0 Å². The van der Waals surface area contributed by atoms with Crippen molar-refractivity contribution in [3.8, 4) is 5.75 Å². The third kappa shape index (κ3) is 3.19. The summed E-state index contributed by atoms with van der Waals surface area (Å²) in [6, 6.07) is 3.14. The Morgan fingerprint density at radius 2 is 1.81 bits per heavy atom. The molecule has 0 heterocycles. The number of phenols is 1. The van der Waals surface area contributed by atoms with Crippen LogP contribution in [0.1, 0.15) is 42.1 Å². The van der Waals surface area contributed by atoms with Crippen LogP contribution in [-0.2, 0) is 19.1 Å². The summed E-state index contributed by atoms with van der Waals surface area (Å²) in [5.74, 6) is -9.67. The summed E-state index contributed by atoms with van der Waals surface area (Å²) in [5.41, 5.74) is 1.36. The highest BCUT2D eigenvalue weighted by atomic mass is 16.5. The van der Waals surface area contributed by atoms with Gasteiger partial charge in [0.05, 0.1) is 17.5 Å². The Hall–Kier alpha value is -3.70. The van der Waals surface area contributed by atoms with Crippen LogP contribution < -0.4 is 5.73 Å². The van der Waals surface area contributed by atoms with Crippen molar-refractivity contribution in [2.75, 3.05) is 14.1 Å². The molecule has 0 radical (unpaired) electrons. The minimum atomic E-state index is -2.94. The number of carbonyl (C=O) groups is 4. The van der Waals surface area contributed by atoms with Crippen LogP contribution in [0, 0.1) is 11.8 Å². The van der Waals surface area contributed by atoms with E-state index in [4.69, 9.17) is 10.5 Å². The number of aliphatic hydroxyl groups excluding tert-OH is 2. The summed E-state index contributed by atoms with van der Waals surface area (Å²) in [6.07, 6.45) is -1.47. The molecule has 0 fully saturated rings. The largest absolute Gasteiger partial charge is 0.510 e. The molecular weight excluding hydrogens is 472 g/mol. The first kappa shape index (κ1) is 25.4. The Morgan fingerprint density at radius 3 is 2.36 bits per heavy atom. The van der Waals surface area contributed by atoms with Crippen molar-refractivity contribution in [2.45, 2.75) is 43.9 Å². The van der Waals surface area contributed by atoms with Crippen LogP contribution >= 0.6 is 0 Å². The number of primary amides is 1. The van der Waals surface area contributed by atoms with Gasteiger partial charge in [0.2, 0.25) is 5.78 Å². The number of ketones is 2. The van der Waals surface area contributed by atoms with Crippen LogP contribution in [0.5, 0.6) is 5.75 Å².